The quantitative estimate of drug-likeness (QED) is 0.727. The van der Waals surface area contributed by atoms with E-state index in [1.54, 1.807) is 38.6 Å². The zero-order valence-electron chi connectivity index (χ0n) is 7.02. The average Bonchev–Trinajstić information content (AvgIpc) is 2.05. The number of halogens is 1. The maximum Gasteiger partial charge on any atom is 0.254 e. The van der Waals surface area contributed by atoms with E-state index in [0.717, 1.165) is 0 Å². The SMILES string of the molecule is CN(C)C(=O)c1cccnc1.I. The molecule has 0 unspecified atom stereocenters. The van der Waals surface area contributed by atoms with E-state index >= 15 is 0 Å². The first kappa shape index (κ1) is 11.4. The Hall–Kier alpha value is -0.650. The number of amides is 1. The number of pyridine rings is 1. The Balaban J connectivity index is 0.00000121. The number of carbonyl (C=O) groups is 1. The predicted octanol–water partition coefficient (Wildman–Crippen LogP) is 1.40. The van der Waals surface area contributed by atoms with Crippen LogP contribution in [-0.4, -0.2) is 29.9 Å². The van der Waals surface area contributed by atoms with Gasteiger partial charge in [0.05, 0.1) is 5.56 Å². The van der Waals surface area contributed by atoms with Crippen LogP contribution < -0.4 is 0 Å². The fraction of sp³-hybridized carbons (Fsp3) is 0.250. The van der Waals surface area contributed by atoms with Crippen LogP contribution in [0.1, 0.15) is 10.4 Å². The number of aromatic nitrogens is 1. The summed E-state index contributed by atoms with van der Waals surface area (Å²) in [5.41, 5.74) is 0.623. The summed E-state index contributed by atoms with van der Waals surface area (Å²) in [6.07, 6.45) is 3.20. The molecule has 3 nitrogen and oxygen atoms in total. The minimum atomic E-state index is -0.0156. The molecule has 0 bridgehead atoms. The van der Waals surface area contributed by atoms with Crippen molar-refractivity contribution in [1.82, 2.24) is 9.88 Å². The van der Waals surface area contributed by atoms with Crippen LogP contribution in [0.3, 0.4) is 0 Å². The van der Waals surface area contributed by atoms with Crippen molar-refractivity contribution in [3.63, 3.8) is 0 Å². The lowest BCUT2D eigenvalue weighted by Crippen LogP contribution is -2.21. The lowest BCUT2D eigenvalue weighted by atomic mass is 10.2. The second-order valence-electron chi connectivity index (χ2n) is 2.44. The van der Waals surface area contributed by atoms with E-state index in [4.69, 9.17) is 0 Å². The van der Waals surface area contributed by atoms with Gasteiger partial charge in [-0.2, -0.15) is 0 Å². The second kappa shape index (κ2) is 5.08. The standard InChI is InChI=1S/C8H10N2O.HI/c1-10(2)8(11)7-4-3-5-9-6-7;/h3-6H,1-2H3;1H. The smallest absolute Gasteiger partial charge is 0.254 e. The molecule has 0 fully saturated rings. The van der Waals surface area contributed by atoms with Gasteiger partial charge in [-0.1, -0.05) is 0 Å². The van der Waals surface area contributed by atoms with E-state index < -0.39 is 0 Å². The largest absolute Gasteiger partial charge is 0.345 e. The lowest BCUT2D eigenvalue weighted by molar-refractivity contribution is 0.0827. The van der Waals surface area contributed by atoms with Crippen LogP contribution in [0.15, 0.2) is 24.5 Å². The maximum absolute atomic E-state index is 11.2. The molecule has 0 spiro atoms. The molecule has 0 aliphatic rings. The van der Waals surface area contributed by atoms with Gasteiger partial charge in [0.15, 0.2) is 0 Å². The molecule has 1 aromatic heterocycles. The van der Waals surface area contributed by atoms with Gasteiger partial charge in [-0.05, 0) is 12.1 Å². The Kier molecular flexibility index (Phi) is 4.80. The average molecular weight is 278 g/mol. The fourth-order valence-electron chi connectivity index (χ4n) is 0.747. The Labute approximate surface area is 88.8 Å². The van der Waals surface area contributed by atoms with E-state index in [9.17, 15) is 4.79 Å². The van der Waals surface area contributed by atoms with E-state index in [1.165, 1.54) is 4.90 Å². The van der Waals surface area contributed by atoms with Crippen molar-refractivity contribution < 1.29 is 4.79 Å². The first-order valence-electron chi connectivity index (χ1n) is 3.33. The number of nitrogens with zero attached hydrogens (tertiary/aromatic N) is 2. The van der Waals surface area contributed by atoms with Crippen LogP contribution >= 0.6 is 24.0 Å². The van der Waals surface area contributed by atoms with Crippen LogP contribution in [0.25, 0.3) is 0 Å². The van der Waals surface area contributed by atoms with Crippen molar-refractivity contribution in [3.8, 4) is 0 Å². The van der Waals surface area contributed by atoms with Gasteiger partial charge in [0.2, 0.25) is 0 Å². The van der Waals surface area contributed by atoms with E-state index in [2.05, 4.69) is 4.98 Å². The molecule has 1 aromatic rings. The summed E-state index contributed by atoms with van der Waals surface area (Å²) in [7, 11) is 3.44. The van der Waals surface area contributed by atoms with Crippen molar-refractivity contribution in [1.29, 1.82) is 0 Å². The van der Waals surface area contributed by atoms with Crippen molar-refractivity contribution in [2.45, 2.75) is 0 Å². The third kappa shape index (κ3) is 2.77. The van der Waals surface area contributed by atoms with Crippen molar-refractivity contribution >= 4 is 29.9 Å². The van der Waals surface area contributed by atoms with Gasteiger partial charge in [-0.25, -0.2) is 0 Å². The van der Waals surface area contributed by atoms with E-state index in [-0.39, 0.29) is 29.9 Å². The van der Waals surface area contributed by atoms with E-state index in [1.807, 2.05) is 0 Å². The Morgan fingerprint density at radius 3 is 2.58 bits per heavy atom. The van der Waals surface area contributed by atoms with Gasteiger partial charge in [0.25, 0.3) is 5.91 Å². The molecular formula is C8H11IN2O. The molecule has 0 aromatic carbocycles. The fourth-order valence-corrected chi connectivity index (χ4v) is 0.747. The molecule has 4 heteroatoms. The molecule has 0 N–H and O–H groups in total. The highest BCUT2D eigenvalue weighted by Gasteiger charge is 2.05. The molecule has 1 heterocycles. The van der Waals surface area contributed by atoms with Crippen molar-refractivity contribution in [3.05, 3.63) is 30.1 Å². The molecular weight excluding hydrogens is 267 g/mol. The van der Waals surface area contributed by atoms with E-state index in [0.29, 0.717) is 5.56 Å². The zero-order valence-corrected chi connectivity index (χ0v) is 9.35. The molecule has 0 radical (unpaired) electrons. The van der Waals surface area contributed by atoms with Gasteiger partial charge in [-0.15, -0.1) is 24.0 Å². The summed E-state index contributed by atoms with van der Waals surface area (Å²) in [6, 6.07) is 3.49. The van der Waals surface area contributed by atoms with Gasteiger partial charge < -0.3 is 4.90 Å². The van der Waals surface area contributed by atoms with Crippen LogP contribution in [0, 0.1) is 0 Å². The van der Waals surface area contributed by atoms with Gasteiger partial charge >= 0.3 is 0 Å². The maximum atomic E-state index is 11.2. The van der Waals surface area contributed by atoms with Gasteiger partial charge in [0.1, 0.15) is 0 Å². The number of hydrogen-bond acceptors (Lipinski definition) is 2. The molecule has 0 aliphatic carbocycles. The minimum Gasteiger partial charge on any atom is -0.345 e. The zero-order chi connectivity index (χ0) is 8.27. The van der Waals surface area contributed by atoms with Crippen LogP contribution in [0.2, 0.25) is 0 Å². The molecule has 1 rings (SSSR count). The lowest BCUT2D eigenvalue weighted by Gasteiger charge is -2.08. The van der Waals surface area contributed by atoms with Gasteiger partial charge in [0, 0.05) is 26.5 Å². The molecule has 0 saturated heterocycles. The molecule has 12 heavy (non-hydrogen) atoms. The minimum absolute atomic E-state index is 0. The first-order valence-corrected chi connectivity index (χ1v) is 3.33. The predicted molar refractivity (Wildman–Crippen MR) is 57.7 cm³/mol. The molecule has 0 saturated carbocycles. The summed E-state index contributed by atoms with van der Waals surface area (Å²) in [5.74, 6) is -0.0156. The Morgan fingerprint density at radius 2 is 2.17 bits per heavy atom. The third-order valence-corrected chi connectivity index (χ3v) is 1.31. The third-order valence-electron chi connectivity index (χ3n) is 1.31. The highest BCUT2D eigenvalue weighted by molar-refractivity contribution is 14.0. The van der Waals surface area contributed by atoms with Crippen LogP contribution in [0.4, 0.5) is 0 Å². The van der Waals surface area contributed by atoms with Gasteiger partial charge in [-0.3, -0.25) is 9.78 Å². The molecule has 66 valence electrons. The Morgan fingerprint density at radius 1 is 1.50 bits per heavy atom. The van der Waals surface area contributed by atoms with Crippen LogP contribution in [-0.2, 0) is 0 Å². The number of hydrogen-bond donors (Lipinski definition) is 0. The summed E-state index contributed by atoms with van der Waals surface area (Å²) in [4.78, 5) is 16.6. The topological polar surface area (TPSA) is 33.2 Å². The highest BCUT2D eigenvalue weighted by atomic mass is 127. The van der Waals surface area contributed by atoms with Crippen molar-refractivity contribution in [2.24, 2.45) is 0 Å². The monoisotopic (exact) mass is 278 g/mol. The van der Waals surface area contributed by atoms with Crippen molar-refractivity contribution in [2.75, 3.05) is 14.1 Å². The Bertz CT molecular complexity index is 248. The molecule has 0 aliphatic heterocycles. The normalized spacial score (nSPS) is 8.50. The second-order valence-corrected chi connectivity index (χ2v) is 2.44. The molecule has 1 amide bonds. The summed E-state index contributed by atoms with van der Waals surface area (Å²) < 4.78 is 0. The molecule has 0 atom stereocenters. The number of carbonyl (C=O) groups excluding carboxylic acids is 1. The van der Waals surface area contributed by atoms with Crippen LogP contribution in [0.5, 0.6) is 0 Å². The summed E-state index contributed by atoms with van der Waals surface area (Å²) in [5, 5.41) is 0. The first-order chi connectivity index (χ1) is 5.22. The number of rotatable bonds is 1. The summed E-state index contributed by atoms with van der Waals surface area (Å²) >= 11 is 0. The summed E-state index contributed by atoms with van der Waals surface area (Å²) in [6.45, 7) is 0. The highest BCUT2D eigenvalue weighted by Crippen LogP contribution is 1.98.